The molecule has 3 amide bonds. The molecule has 116 valence electrons. The van der Waals surface area contributed by atoms with E-state index in [4.69, 9.17) is 5.11 Å². The van der Waals surface area contributed by atoms with Gasteiger partial charge in [-0.3, -0.25) is 14.9 Å². The Morgan fingerprint density at radius 2 is 1.90 bits per heavy atom. The van der Waals surface area contributed by atoms with E-state index >= 15 is 0 Å². The van der Waals surface area contributed by atoms with Crippen molar-refractivity contribution in [3.8, 4) is 0 Å². The minimum Gasteiger partial charge on any atom is -0.481 e. The number of carboxylic acid groups (broad SMARTS) is 1. The van der Waals surface area contributed by atoms with Crippen LogP contribution < -0.4 is 10.6 Å². The van der Waals surface area contributed by atoms with Crippen molar-refractivity contribution in [1.29, 1.82) is 0 Å². The van der Waals surface area contributed by atoms with Gasteiger partial charge in [0.1, 0.15) is 0 Å². The van der Waals surface area contributed by atoms with Crippen LogP contribution in [-0.4, -0.2) is 23.0 Å². The first-order valence-corrected chi connectivity index (χ1v) is 7.59. The van der Waals surface area contributed by atoms with Crippen LogP contribution in [0.1, 0.15) is 36.4 Å². The van der Waals surface area contributed by atoms with Crippen LogP contribution in [0.15, 0.2) is 12.1 Å². The predicted molar refractivity (Wildman–Crippen MR) is 80.1 cm³/mol. The molecule has 0 bridgehead atoms. The normalized spacial score (nSPS) is 11.7. The first-order chi connectivity index (χ1) is 9.90. The topological polar surface area (TPSA) is 95.5 Å². The van der Waals surface area contributed by atoms with Crippen LogP contribution in [0.25, 0.3) is 0 Å². The Bertz CT molecular complexity index is 513. The third-order valence-corrected chi connectivity index (χ3v) is 4.03. The zero-order valence-electron chi connectivity index (χ0n) is 12.1. The first kappa shape index (κ1) is 17.2. The summed E-state index contributed by atoms with van der Waals surface area (Å²) in [5.74, 6) is -1.73. The Morgan fingerprint density at radius 3 is 2.48 bits per heavy atom. The van der Waals surface area contributed by atoms with Crippen LogP contribution in [-0.2, 0) is 22.6 Å². The number of aliphatic carboxylic acids is 1. The maximum Gasteiger partial charge on any atom is 0.321 e. The number of amides is 3. The number of carbonyl (C=O) groups is 3. The van der Waals surface area contributed by atoms with Gasteiger partial charge in [-0.15, -0.1) is 11.3 Å². The van der Waals surface area contributed by atoms with Crippen LogP contribution in [0.4, 0.5) is 4.79 Å². The number of hydrogen-bond acceptors (Lipinski definition) is 4. The fraction of sp³-hybridized carbons (Fsp3) is 0.500. The fourth-order valence-corrected chi connectivity index (χ4v) is 2.68. The van der Waals surface area contributed by atoms with Crippen LogP contribution >= 0.6 is 11.3 Å². The molecule has 1 aromatic heterocycles. The summed E-state index contributed by atoms with van der Waals surface area (Å²) >= 11 is 1.62. The number of urea groups is 1. The van der Waals surface area contributed by atoms with Crippen molar-refractivity contribution < 1.29 is 19.5 Å². The lowest BCUT2D eigenvalue weighted by atomic mass is 10.0. The van der Waals surface area contributed by atoms with Gasteiger partial charge in [0.05, 0.1) is 6.54 Å². The Balaban J connectivity index is 2.29. The largest absolute Gasteiger partial charge is 0.481 e. The van der Waals surface area contributed by atoms with Gasteiger partial charge in [0.15, 0.2) is 0 Å². The molecule has 7 heteroatoms. The molecule has 0 spiro atoms. The number of hydrogen-bond donors (Lipinski definition) is 3. The molecule has 1 unspecified atom stereocenters. The highest BCUT2D eigenvalue weighted by Crippen LogP contribution is 2.16. The van der Waals surface area contributed by atoms with E-state index in [1.165, 1.54) is 4.88 Å². The molecule has 0 aliphatic heterocycles. The number of aryl methyl sites for hydroxylation is 1. The average molecular weight is 312 g/mol. The molecule has 0 saturated heterocycles. The molecule has 0 aliphatic carbocycles. The highest BCUT2D eigenvalue weighted by Gasteiger charge is 2.14. The summed E-state index contributed by atoms with van der Waals surface area (Å²) < 4.78 is 0. The molecule has 0 saturated carbocycles. The van der Waals surface area contributed by atoms with E-state index in [9.17, 15) is 14.4 Å². The minimum atomic E-state index is -0.954. The summed E-state index contributed by atoms with van der Waals surface area (Å²) in [6.45, 7) is 4.09. The molecule has 1 rings (SSSR count). The summed E-state index contributed by atoms with van der Waals surface area (Å²) in [6.07, 6.45) is 0.875. The predicted octanol–water partition coefficient (Wildman–Crippen LogP) is 2.14. The van der Waals surface area contributed by atoms with Crippen LogP contribution in [0.3, 0.4) is 0 Å². The maximum atomic E-state index is 11.6. The van der Waals surface area contributed by atoms with Gasteiger partial charge in [-0.05, 0) is 24.5 Å². The summed E-state index contributed by atoms with van der Waals surface area (Å²) in [4.78, 5) is 35.9. The zero-order chi connectivity index (χ0) is 15.8. The molecule has 6 nitrogen and oxygen atoms in total. The van der Waals surface area contributed by atoms with E-state index in [1.807, 2.05) is 12.1 Å². The summed E-state index contributed by atoms with van der Waals surface area (Å²) in [7, 11) is 0. The van der Waals surface area contributed by atoms with Gasteiger partial charge in [0, 0.05) is 22.6 Å². The van der Waals surface area contributed by atoms with Gasteiger partial charge in [-0.25, -0.2) is 4.79 Å². The molecule has 21 heavy (non-hydrogen) atoms. The van der Waals surface area contributed by atoms with Gasteiger partial charge in [-0.1, -0.05) is 13.8 Å². The number of nitrogens with one attached hydrogen (secondary N) is 2. The second kappa shape index (κ2) is 8.41. The Kier molecular flexibility index (Phi) is 6.87. The molecule has 3 N–H and O–H groups in total. The summed E-state index contributed by atoms with van der Waals surface area (Å²) in [6, 6.07) is 3.40. The Morgan fingerprint density at radius 1 is 1.24 bits per heavy atom. The van der Waals surface area contributed by atoms with Crippen molar-refractivity contribution in [3.05, 3.63) is 21.9 Å². The molecule has 0 fully saturated rings. The molecule has 0 aliphatic rings. The van der Waals surface area contributed by atoms with Gasteiger partial charge in [0.25, 0.3) is 0 Å². The second-order valence-corrected chi connectivity index (χ2v) is 6.11. The summed E-state index contributed by atoms with van der Waals surface area (Å²) in [5.41, 5.74) is 0. The van der Waals surface area contributed by atoms with Crippen molar-refractivity contribution in [3.63, 3.8) is 0 Å². The lowest BCUT2D eigenvalue weighted by Crippen LogP contribution is -2.39. The number of carbonyl (C=O) groups excluding carboxylic acids is 2. The number of imide groups is 1. The van der Waals surface area contributed by atoms with Gasteiger partial charge >= 0.3 is 12.0 Å². The van der Waals surface area contributed by atoms with E-state index in [-0.39, 0.29) is 18.8 Å². The number of rotatable bonds is 7. The minimum absolute atomic E-state index is 0.0126. The van der Waals surface area contributed by atoms with Crippen LogP contribution in [0, 0.1) is 5.92 Å². The third-order valence-electron chi connectivity index (χ3n) is 2.80. The monoisotopic (exact) mass is 312 g/mol. The van der Waals surface area contributed by atoms with Crippen molar-refractivity contribution in [2.45, 2.75) is 39.7 Å². The lowest BCUT2D eigenvalue weighted by molar-refractivity contribution is -0.138. The highest BCUT2D eigenvalue weighted by molar-refractivity contribution is 7.11. The quantitative estimate of drug-likeness (QED) is 0.718. The van der Waals surface area contributed by atoms with Crippen LogP contribution in [0.5, 0.6) is 0 Å². The second-order valence-electron chi connectivity index (χ2n) is 4.86. The first-order valence-electron chi connectivity index (χ1n) is 6.77. The SMILES string of the molecule is CCc1ccc(CNC(=O)NC(=O)CC(C)CC(=O)O)s1. The molecular weight excluding hydrogens is 292 g/mol. The molecule has 0 radical (unpaired) electrons. The van der Waals surface area contributed by atoms with Gasteiger partial charge < -0.3 is 10.4 Å². The lowest BCUT2D eigenvalue weighted by Gasteiger charge is -2.09. The van der Waals surface area contributed by atoms with Crippen molar-refractivity contribution >= 4 is 29.2 Å². The van der Waals surface area contributed by atoms with E-state index in [0.29, 0.717) is 6.54 Å². The molecule has 1 aromatic rings. The van der Waals surface area contributed by atoms with E-state index < -0.39 is 17.9 Å². The zero-order valence-corrected chi connectivity index (χ0v) is 13.0. The smallest absolute Gasteiger partial charge is 0.321 e. The molecule has 0 aromatic carbocycles. The van der Waals surface area contributed by atoms with Crippen molar-refractivity contribution in [1.82, 2.24) is 10.6 Å². The van der Waals surface area contributed by atoms with Crippen molar-refractivity contribution in [2.75, 3.05) is 0 Å². The fourth-order valence-electron chi connectivity index (χ4n) is 1.78. The molecule has 1 atom stereocenters. The van der Waals surface area contributed by atoms with E-state index in [1.54, 1.807) is 18.3 Å². The van der Waals surface area contributed by atoms with Gasteiger partial charge in [0.2, 0.25) is 5.91 Å². The summed E-state index contributed by atoms with van der Waals surface area (Å²) in [5, 5.41) is 13.4. The third kappa shape index (κ3) is 6.89. The Labute approximate surface area is 127 Å². The number of carboxylic acids is 1. The van der Waals surface area contributed by atoms with E-state index in [0.717, 1.165) is 11.3 Å². The van der Waals surface area contributed by atoms with Crippen LogP contribution in [0.2, 0.25) is 0 Å². The standard InChI is InChI=1S/C14H20N2O4S/c1-3-10-4-5-11(21-10)8-15-14(20)16-12(17)6-9(2)7-13(18)19/h4-5,9H,3,6-8H2,1-2H3,(H,18,19)(H2,15,16,17,20). The Hall–Kier alpha value is -1.89. The highest BCUT2D eigenvalue weighted by atomic mass is 32.1. The van der Waals surface area contributed by atoms with E-state index in [2.05, 4.69) is 17.6 Å². The van der Waals surface area contributed by atoms with Crippen molar-refractivity contribution in [2.24, 2.45) is 5.92 Å². The van der Waals surface area contributed by atoms with Gasteiger partial charge in [-0.2, -0.15) is 0 Å². The maximum absolute atomic E-state index is 11.6. The average Bonchev–Trinajstić information content (AvgIpc) is 2.82. The molecule has 1 heterocycles. The number of thiophene rings is 1. The molecular formula is C14H20N2O4S.